The summed E-state index contributed by atoms with van der Waals surface area (Å²) >= 11 is 0. The summed E-state index contributed by atoms with van der Waals surface area (Å²) in [5.41, 5.74) is 5.31. The molecular weight excluding hydrogens is 470 g/mol. The van der Waals surface area contributed by atoms with Crippen molar-refractivity contribution < 1.29 is 14.3 Å². The predicted octanol–water partition coefficient (Wildman–Crippen LogP) is 7.03. The number of fused-ring (bicyclic) bond motifs is 1. The van der Waals surface area contributed by atoms with Crippen molar-refractivity contribution >= 4 is 28.3 Å². The molecule has 4 heteroatoms. The van der Waals surface area contributed by atoms with E-state index in [4.69, 9.17) is 4.74 Å². The summed E-state index contributed by atoms with van der Waals surface area (Å²) in [5.74, 6) is 0.202. The Balaban J connectivity index is 1.13. The maximum atomic E-state index is 13.9. The van der Waals surface area contributed by atoms with Crippen molar-refractivity contribution in [3.05, 3.63) is 138 Å². The minimum Gasteiger partial charge on any atom is -0.457 e. The van der Waals surface area contributed by atoms with Crippen molar-refractivity contribution in [2.75, 3.05) is 4.90 Å². The van der Waals surface area contributed by atoms with Crippen molar-refractivity contribution in [3.63, 3.8) is 0 Å². The molecule has 2 atom stereocenters. The van der Waals surface area contributed by atoms with Crippen LogP contribution in [0.2, 0.25) is 0 Å². The average molecular weight is 494 g/mol. The van der Waals surface area contributed by atoms with Crippen LogP contribution in [0, 0.1) is 11.8 Å². The first kappa shape index (κ1) is 21.4. The predicted molar refractivity (Wildman–Crippen MR) is 147 cm³/mol. The lowest BCUT2D eigenvalue weighted by Crippen LogP contribution is -2.41. The van der Waals surface area contributed by atoms with Crippen molar-refractivity contribution in [1.82, 2.24) is 0 Å². The SMILES string of the molecule is O=C1[C@@H]2C3c4ccccc4C(c4ccccc43)[C@H]2C(=O)N1c1ccc(Oc2ccc3ccccc3c2)cc1. The molecule has 0 saturated carbocycles. The summed E-state index contributed by atoms with van der Waals surface area (Å²) in [6.07, 6.45) is 0. The van der Waals surface area contributed by atoms with Crippen molar-refractivity contribution in [2.45, 2.75) is 11.8 Å². The number of imide groups is 1. The molecular formula is C34H23NO3. The van der Waals surface area contributed by atoms with Crippen LogP contribution in [0.25, 0.3) is 10.8 Å². The second-order valence-corrected chi connectivity index (χ2v) is 10.4. The lowest BCUT2D eigenvalue weighted by atomic mass is 9.55. The van der Waals surface area contributed by atoms with Crippen molar-refractivity contribution in [2.24, 2.45) is 11.8 Å². The van der Waals surface area contributed by atoms with Crippen molar-refractivity contribution in [1.29, 1.82) is 0 Å². The molecule has 0 spiro atoms. The van der Waals surface area contributed by atoms with Crippen LogP contribution in [0.1, 0.15) is 34.1 Å². The first-order valence-electron chi connectivity index (χ1n) is 13.0. The third kappa shape index (κ3) is 2.91. The highest BCUT2D eigenvalue weighted by Crippen LogP contribution is 2.61. The largest absolute Gasteiger partial charge is 0.457 e. The van der Waals surface area contributed by atoms with Gasteiger partial charge in [0.05, 0.1) is 17.5 Å². The molecule has 1 saturated heterocycles. The van der Waals surface area contributed by atoms with E-state index in [1.807, 2.05) is 78.9 Å². The van der Waals surface area contributed by atoms with E-state index in [0.717, 1.165) is 16.5 Å². The fourth-order valence-electron chi connectivity index (χ4n) is 6.96. The van der Waals surface area contributed by atoms with Gasteiger partial charge in [0.2, 0.25) is 11.8 Å². The molecule has 4 nitrogen and oxygen atoms in total. The molecule has 1 fully saturated rings. The van der Waals surface area contributed by atoms with Crippen LogP contribution in [0.4, 0.5) is 5.69 Å². The topological polar surface area (TPSA) is 46.6 Å². The van der Waals surface area contributed by atoms with E-state index in [1.165, 1.54) is 27.2 Å². The van der Waals surface area contributed by atoms with E-state index in [9.17, 15) is 9.59 Å². The number of hydrogen-bond acceptors (Lipinski definition) is 3. The zero-order valence-corrected chi connectivity index (χ0v) is 20.5. The molecule has 5 aromatic carbocycles. The number of carbonyl (C=O) groups is 2. The maximum absolute atomic E-state index is 13.9. The first-order valence-corrected chi connectivity index (χ1v) is 13.0. The van der Waals surface area contributed by atoms with Gasteiger partial charge in [-0.2, -0.15) is 0 Å². The van der Waals surface area contributed by atoms with E-state index in [-0.39, 0.29) is 35.5 Å². The molecule has 5 aromatic rings. The molecule has 2 bridgehead atoms. The Bertz CT molecular complexity index is 1660. The Hall–Kier alpha value is -4.70. The maximum Gasteiger partial charge on any atom is 0.238 e. The fraction of sp³-hybridized carbons (Fsp3) is 0.118. The van der Waals surface area contributed by atoms with Crippen LogP contribution in [0.5, 0.6) is 11.5 Å². The van der Waals surface area contributed by atoms with Crippen LogP contribution < -0.4 is 9.64 Å². The highest BCUT2D eigenvalue weighted by atomic mass is 16.5. The second-order valence-electron chi connectivity index (χ2n) is 10.4. The van der Waals surface area contributed by atoms with Gasteiger partial charge in [0.15, 0.2) is 0 Å². The monoisotopic (exact) mass is 493 g/mol. The van der Waals surface area contributed by atoms with Gasteiger partial charge in [-0.05, 0) is 69.4 Å². The summed E-state index contributed by atoms with van der Waals surface area (Å²) in [6.45, 7) is 0. The summed E-state index contributed by atoms with van der Waals surface area (Å²) in [7, 11) is 0. The van der Waals surface area contributed by atoms with E-state index in [0.29, 0.717) is 11.4 Å². The Morgan fingerprint density at radius 2 is 0.974 bits per heavy atom. The molecule has 0 N–H and O–H groups in total. The van der Waals surface area contributed by atoms with Gasteiger partial charge in [-0.15, -0.1) is 0 Å². The number of rotatable bonds is 3. The molecule has 9 rings (SSSR count). The van der Waals surface area contributed by atoms with Crippen LogP contribution in [-0.4, -0.2) is 11.8 Å². The Kier molecular flexibility index (Phi) is 4.45. The molecule has 3 aliphatic carbocycles. The molecule has 4 aliphatic rings. The van der Waals surface area contributed by atoms with E-state index in [2.05, 4.69) is 36.4 Å². The van der Waals surface area contributed by atoms with Crippen LogP contribution in [-0.2, 0) is 9.59 Å². The second kappa shape index (κ2) is 7.90. The smallest absolute Gasteiger partial charge is 0.238 e. The Labute approximate surface area is 220 Å². The van der Waals surface area contributed by atoms with Gasteiger partial charge < -0.3 is 4.74 Å². The normalized spacial score (nSPS) is 22.8. The Morgan fingerprint density at radius 3 is 1.53 bits per heavy atom. The minimum absolute atomic E-state index is 0.102. The van der Waals surface area contributed by atoms with E-state index >= 15 is 0 Å². The molecule has 2 amide bonds. The number of anilines is 1. The zero-order valence-electron chi connectivity index (χ0n) is 20.5. The standard InChI is InChI=1S/C34H23NO3/c36-33-31-29-25-9-3-4-10-26(25)30(28-12-6-5-11-27(28)29)32(31)34(37)35(33)22-14-17-23(18-15-22)38-24-16-13-20-7-1-2-8-21(20)19-24/h1-19,29-32H/t29?,30?,31-,32-/m1/s1. The quantitative estimate of drug-likeness (QED) is 0.254. The lowest BCUT2D eigenvalue weighted by Gasteiger charge is -2.45. The molecule has 1 heterocycles. The molecule has 0 aromatic heterocycles. The molecule has 0 radical (unpaired) electrons. The number of benzene rings is 5. The third-order valence-electron chi connectivity index (χ3n) is 8.50. The number of carbonyl (C=O) groups excluding carboxylic acids is 2. The highest BCUT2D eigenvalue weighted by molar-refractivity contribution is 6.23. The van der Waals surface area contributed by atoms with E-state index in [1.54, 1.807) is 0 Å². The molecule has 1 aliphatic heterocycles. The van der Waals surface area contributed by atoms with Crippen LogP contribution in [0.3, 0.4) is 0 Å². The first-order chi connectivity index (χ1) is 18.7. The van der Waals surface area contributed by atoms with Gasteiger partial charge in [0.25, 0.3) is 0 Å². The lowest BCUT2D eigenvalue weighted by molar-refractivity contribution is -0.122. The average Bonchev–Trinajstić information content (AvgIpc) is 3.23. The van der Waals surface area contributed by atoms with Crippen LogP contribution in [0.15, 0.2) is 115 Å². The van der Waals surface area contributed by atoms with Crippen LogP contribution >= 0.6 is 0 Å². The van der Waals surface area contributed by atoms with Gasteiger partial charge in [-0.25, -0.2) is 4.90 Å². The number of hydrogen-bond donors (Lipinski definition) is 0. The summed E-state index contributed by atoms with van der Waals surface area (Å²) < 4.78 is 6.09. The summed E-state index contributed by atoms with van der Waals surface area (Å²) in [5, 5.41) is 2.26. The molecule has 0 unspecified atom stereocenters. The van der Waals surface area contributed by atoms with Gasteiger partial charge >= 0.3 is 0 Å². The minimum atomic E-state index is -0.383. The molecule has 38 heavy (non-hydrogen) atoms. The number of nitrogens with zero attached hydrogens (tertiary/aromatic N) is 1. The van der Waals surface area contributed by atoms with Crippen molar-refractivity contribution in [3.8, 4) is 11.5 Å². The summed E-state index contributed by atoms with van der Waals surface area (Å²) in [6, 6.07) is 38.0. The van der Waals surface area contributed by atoms with Gasteiger partial charge in [-0.1, -0.05) is 78.9 Å². The third-order valence-corrected chi connectivity index (χ3v) is 8.50. The number of ether oxygens (including phenoxy) is 1. The highest BCUT2D eigenvalue weighted by Gasteiger charge is 2.61. The van der Waals surface area contributed by atoms with Gasteiger partial charge in [-0.3, -0.25) is 9.59 Å². The number of amides is 2. The summed E-state index contributed by atoms with van der Waals surface area (Å²) in [4.78, 5) is 29.3. The zero-order chi connectivity index (χ0) is 25.4. The Morgan fingerprint density at radius 1 is 0.500 bits per heavy atom. The fourth-order valence-corrected chi connectivity index (χ4v) is 6.96. The van der Waals surface area contributed by atoms with Gasteiger partial charge in [0.1, 0.15) is 11.5 Å². The van der Waals surface area contributed by atoms with Gasteiger partial charge in [0, 0.05) is 11.8 Å². The molecule has 182 valence electrons. The van der Waals surface area contributed by atoms with E-state index < -0.39 is 0 Å².